The van der Waals surface area contributed by atoms with Crippen LogP contribution in [-0.4, -0.2) is 5.91 Å². The van der Waals surface area contributed by atoms with Gasteiger partial charge >= 0.3 is 0 Å². The van der Waals surface area contributed by atoms with E-state index < -0.39 is 0 Å². The van der Waals surface area contributed by atoms with Gasteiger partial charge in [0.05, 0.1) is 0 Å². The molecule has 0 aliphatic rings. The molecule has 0 spiro atoms. The van der Waals surface area contributed by atoms with Gasteiger partial charge in [0.1, 0.15) is 12.2 Å². The number of anilines is 1. The maximum atomic E-state index is 10.7. The first-order valence-electron chi connectivity index (χ1n) is 3.99. The zero-order valence-electron chi connectivity index (χ0n) is 7.37. The van der Waals surface area contributed by atoms with Crippen molar-refractivity contribution in [1.29, 1.82) is 0 Å². The van der Waals surface area contributed by atoms with E-state index in [0.29, 0.717) is 0 Å². The van der Waals surface area contributed by atoms with E-state index in [4.69, 9.17) is 0 Å². The SMILES string of the molecule is CC[n+]1cccc(NC(C)=O)c1. The molecule has 0 bridgehead atoms. The summed E-state index contributed by atoms with van der Waals surface area (Å²) in [6, 6.07) is 3.78. The highest BCUT2D eigenvalue weighted by Crippen LogP contribution is 2.00. The zero-order chi connectivity index (χ0) is 8.97. The van der Waals surface area contributed by atoms with E-state index in [1.807, 2.05) is 29.1 Å². The highest BCUT2D eigenvalue weighted by Gasteiger charge is 2.00. The monoisotopic (exact) mass is 165 g/mol. The average molecular weight is 165 g/mol. The highest BCUT2D eigenvalue weighted by molar-refractivity contribution is 5.88. The van der Waals surface area contributed by atoms with Crippen LogP contribution in [0.25, 0.3) is 0 Å². The van der Waals surface area contributed by atoms with Crippen molar-refractivity contribution in [2.45, 2.75) is 20.4 Å². The van der Waals surface area contributed by atoms with Crippen molar-refractivity contribution in [1.82, 2.24) is 0 Å². The number of rotatable bonds is 2. The molecule has 0 unspecified atom stereocenters. The van der Waals surface area contributed by atoms with E-state index >= 15 is 0 Å². The minimum absolute atomic E-state index is 0.0381. The molecule has 0 saturated carbocycles. The van der Waals surface area contributed by atoms with Gasteiger partial charge < -0.3 is 5.32 Å². The van der Waals surface area contributed by atoms with Gasteiger partial charge in [-0.2, -0.15) is 0 Å². The summed E-state index contributed by atoms with van der Waals surface area (Å²) in [4.78, 5) is 10.7. The molecule has 0 saturated heterocycles. The average Bonchev–Trinajstić information content (AvgIpc) is 2.03. The lowest BCUT2D eigenvalue weighted by Gasteiger charge is -1.98. The van der Waals surface area contributed by atoms with Crippen LogP contribution >= 0.6 is 0 Å². The second-order valence-corrected chi connectivity index (χ2v) is 2.60. The lowest BCUT2D eigenvalue weighted by atomic mass is 10.4. The van der Waals surface area contributed by atoms with Crippen molar-refractivity contribution in [3.05, 3.63) is 24.5 Å². The second kappa shape index (κ2) is 3.85. The van der Waals surface area contributed by atoms with Gasteiger partial charge in [-0.3, -0.25) is 4.79 Å². The van der Waals surface area contributed by atoms with E-state index in [-0.39, 0.29) is 5.91 Å². The van der Waals surface area contributed by atoms with Gasteiger partial charge in [0.2, 0.25) is 5.91 Å². The first kappa shape index (κ1) is 8.71. The Morgan fingerprint density at radius 1 is 1.67 bits per heavy atom. The van der Waals surface area contributed by atoms with Gasteiger partial charge in [0, 0.05) is 13.0 Å². The normalized spacial score (nSPS) is 9.50. The first-order chi connectivity index (χ1) is 5.72. The molecular formula is C9H13N2O+. The minimum atomic E-state index is -0.0381. The largest absolute Gasteiger partial charge is 0.321 e. The number of amides is 1. The van der Waals surface area contributed by atoms with Gasteiger partial charge in [-0.15, -0.1) is 0 Å². The van der Waals surface area contributed by atoms with E-state index in [2.05, 4.69) is 12.2 Å². The Morgan fingerprint density at radius 2 is 2.42 bits per heavy atom. The zero-order valence-corrected chi connectivity index (χ0v) is 7.37. The molecule has 1 aromatic heterocycles. The summed E-state index contributed by atoms with van der Waals surface area (Å²) < 4.78 is 2.01. The highest BCUT2D eigenvalue weighted by atomic mass is 16.1. The van der Waals surface area contributed by atoms with Crippen molar-refractivity contribution in [3.8, 4) is 0 Å². The van der Waals surface area contributed by atoms with Gasteiger partial charge in [-0.1, -0.05) is 0 Å². The number of carbonyl (C=O) groups is 1. The van der Waals surface area contributed by atoms with E-state index in [9.17, 15) is 4.79 Å². The molecule has 12 heavy (non-hydrogen) atoms. The third-order valence-electron chi connectivity index (χ3n) is 1.54. The molecule has 3 heteroatoms. The maximum Gasteiger partial charge on any atom is 0.221 e. The third kappa shape index (κ3) is 2.34. The van der Waals surface area contributed by atoms with Crippen LogP contribution in [0.15, 0.2) is 24.5 Å². The molecule has 0 atom stereocenters. The van der Waals surface area contributed by atoms with Crippen LogP contribution in [0.2, 0.25) is 0 Å². The maximum absolute atomic E-state index is 10.7. The minimum Gasteiger partial charge on any atom is -0.321 e. The van der Waals surface area contributed by atoms with Crippen molar-refractivity contribution in [2.75, 3.05) is 5.32 Å². The fourth-order valence-corrected chi connectivity index (χ4v) is 0.996. The molecule has 0 aliphatic heterocycles. The third-order valence-corrected chi connectivity index (χ3v) is 1.54. The first-order valence-corrected chi connectivity index (χ1v) is 3.99. The molecule has 0 radical (unpaired) electrons. The Labute approximate surface area is 72.0 Å². The molecule has 1 N–H and O–H groups in total. The Balaban J connectivity index is 2.79. The summed E-state index contributed by atoms with van der Waals surface area (Å²) in [5.74, 6) is -0.0381. The molecule has 1 rings (SSSR count). The number of aryl methyl sites for hydroxylation is 1. The summed E-state index contributed by atoms with van der Waals surface area (Å²) >= 11 is 0. The topological polar surface area (TPSA) is 33.0 Å². The van der Waals surface area contributed by atoms with Gasteiger partial charge in [0.25, 0.3) is 0 Å². The van der Waals surface area contributed by atoms with Crippen LogP contribution in [0.1, 0.15) is 13.8 Å². The molecular weight excluding hydrogens is 152 g/mol. The molecule has 64 valence electrons. The van der Waals surface area contributed by atoms with E-state index in [1.54, 1.807) is 0 Å². The van der Waals surface area contributed by atoms with Gasteiger partial charge in [0.15, 0.2) is 12.4 Å². The Kier molecular flexibility index (Phi) is 2.80. The lowest BCUT2D eigenvalue weighted by Crippen LogP contribution is -2.31. The summed E-state index contributed by atoms with van der Waals surface area (Å²) in [6.07, 6.45) is 3.87. The summed E-state index contributed by atoms with van der Waals surface area (Å²) in [6.45, 7) is 4.47. The standard InChI is InChI=1S/C9H12N2O/c1-3-11-6-4-5-9(7-11)10-8(2)12/h4-7H,3H2,1-2H3/p+1. The number of nitrogens with zero attached hydrogens (tertiary/aromatic N) is 1. The van der Waals surface area contributed by atoms with E-state index in [0.717, 1.165) is 12.2 Å². The molecule has 0 fully saturated rings. The van der Waals surface area contributed by atoms with Crippen LogP contribution in [-0.2, 0) is 11.3 Å². The molecule has 0 aromatic carbocycles. The van der Waals surface area contributed by atoms with Crippen LogP contribution < -0.4 is 9.88 Å². The number of aromatic nitrogens is 1. The van der Waals surface area contributed by atoms with Crippen molar-refractivity contribution in [2.24, 2.45) is 0 Å². The van der Waals surface area contributed by atoms with Gasteiger partial charge in [-0.25, -0.2) is 4.57 Å². The Hall–Kier alpha value is -1.38. The molecule has 1 aromatic rings. The fourth-order valence-electron chi connectivity index (χ4n) is 0.996. The number of pyridine rings is 1. The second-order valence-electron chi connectivity index (χ2n) is 2.60. The summed E-state index contributed by atoms with van der Waals surface area (Å²) in [7, 11) is 0. The van der Waals surface area contributed by atoms with Crippen LogP contribution in [0, 0.1) is 0 Å². The van der Waals surface area contributed by atoms with Crippen molar-refractivity contribution < 1.29 is 9.36 Å². The van der Waals surface area contributed by atoms with Crippen LogP contribution in [0.4, 0.5) is 5.69 Å². The van der Waals surface area contributed by atoms with Crippen molar-refractivity contribution >= 4 is 11.6 Å². The number of hydrogen-bond acceptors (Lipinski definition) is 1. The number of carbonyl (C=O) groups excluding carboxylic acids is 1. The number of hydrogen-bond donors (Lipinski definition) is 1. The predicted octanol–water partition coefficient (Wildman–Crippen LogP) is 0.952. The lowest BCUT2D eigenvalue weighted by molar-refractivity contribution is -0.692. The van der Waals surface area contributed by atoms with Crippen LogP contribution in [0.5, 0.6) is 0 Å². The number of nitrogens with one attached hydrogen (secondary N) is 1. The van der Waals surface area contributed by atoms with Crippen molar-refractivity contribution in [3.63, 3.8) is 0 Å². The Bertz CT molecular complexity index is 284. The molecule has 3 nitrogen and oxygen atoms in total. The summed E-state index contributed by atoms with van der Waals surface area (Å²) in [5, 5.41) is 2.72. The smallest absolute Gasteiger partial charge is 0.221 e. The van der Waals surface area contributed by atoms with E-state index in [1.165, 1.54) is 6.92 Å². The molecule has 0 aliphatic carbocycles. The molecule has 1 heterocycles. The Morgan fingerprint density at radius 3 is 3.00 bits per heavy atom. The quantitative estimate of drug-likeness (QED) is 0.650. The fraction of sp³-hybridized carbons (Fsp3) is 0.333. The summed E-state index contributed by atoms with van der Waals surface area (Å²) in [5.41, 5.74) is 0.840. The molecule has 1 amide bonds. The van der Waals surface area contributed by atoms with Crippen LogP contribution in [0.3, 0.4) is 0 Å². The van der Waals surface area contributed by atoms with Gasteiger partial charge in [-0.05, 0) is 13.0 Å². The predicted molar refractivity (Wildman–Crippen MR) is 46.6 cm³/mol.